The van der Waals surface area contributed by atoms with Gasteiger partial charge in [0.2, 0.25) is 11.8 Å². The third-order valence-corrected chi connectivity index (χ3v) is 3.06. The molecule has 0 spiro atoms. The van der Waals surface area contributed by atoms with Crippen molar-refractivity contribution < 1.29 is 14.3 Å². The van der Waals surface area contributed by atoms with E-state index in [2.05, 4.69) is 10.3 Å². The van der Waals surface area contributed by atoms with Crippen LogP contribution in [0.1, 0.15) is 11.5 Å². The van der Waals surface area contributed by atoms with Gasteiger partial charge in [-0.1, -0.05) is 24.3 Å². The molecule has 110 valence electrons. The Labute approximate surface area is 126 Å². The molecule has 5 heteroatoms. The maximum atomic E-state index is 11.9. The van der Waals surface area contributed by atoms with Crippen LogP contribution in [-0.2, 0) is 11.4 Å². The van der Waals surface area contributed by atoms with Gasteiger partial charge >= 0.3 is 0 Å². The van der Waals surface area contributed by atoms with E-state index in [0.29, 0.717) is 17.2 Å². The quantitative estimate of drug-likeness (QED) is 0.725. The fourth-order valence-corrected chi connectivity index (χ4v) is 2.04. The minimum absolute atomic E-state index is 0.0670. The average Bonchev–Trinajstić information content (AvgIpc) is 2.96. The third-order valence-electron chi connectivity index (χ3n) is 3.06. The van der Waals surface area contributed by atoms with Gasteiger partial charge in [0.15, 0.2) is 5.58 Å². The first kappa shape index (κ1) is 14.0. The van der Waals surface area contributed by atoms with Gasteiger partial charge in [-0.05, 0) is 29.8 Å². The number of anilines is 1. The maximum Gasteiger partial charge on any atom is 0.248 e. The molecule has 0 atom stereocenters. The number of oxazole rings is 1. The summed E-state index contributed by atoms with van der Waals surface area (Å²) in [6.07, 6.45) is 2.88. The summed E-state index contributed by atoms with van der Waals surface area (Å²) in [5.41, 5.74) is 2.79. The zero-order chi connectivity index (χ0) is 15.4. The highest BCUT2D eigenvalue weighted by Crippen LogP contribution is 2.15. The van der Waals surface area contributed by atoms with E-state index in [1.807, 2.05) is 24.3 Å². The number of carbonyl (C=O) groups is 1. The molecule has 22 heavy (non-hydrogen) atoms. The molecule has 2 N–H and O–H groups in total. The van der Waals surface area contributed by atoms with Crippen LogP contribution in [0, 0.1) is 0 Å². The molecular formula is C17H14N2O3. The van der Waals surface area contributed by atoms with Crippen LogP contribution < -0.4 is 5.32 Å². The van der Waals surface area contributed by atoms with Crippen molar-refractivity contribution in [3.05, 3.63) is 66.1 Å². The summed E-state index contributed by atoms with van der Waals surface area (Å²) in [7, 11) is 0. The molecule has 0 aliphatic carbocycles. The smallest absolute Gasteiger partial charge is 0.248 e. The first-order chi connectivity index (χ1) is 10.7. The Morgan fingerprint density at radius 2 is 2.09 bits per heavy atom. The second-order valence-electron chi connectivity index (χ2n) is 4.70. The largest absolute Gasteiger partial charge is 0.437 e. The van der Waals surface area contributed by atoms with Crippen LogP contribution in [0.4, 0.5) is 5.69 Å². The van der Waals surface area contributed by atoms with E-state index in [4.69, 9.17) is 9.52 Å². The number of nitrogens with zero attached hydrogens (tertiary/aromatic N) is 1. The van der Waals surface area contributed by atoms with Crippen molar-refractivity contribution in [3.8, 4) is 0 Å². The monoisotopic (exact) mass is 294 g/mol. The summed E-state index contributed by atoms with van der Waals surface area (Å²) in [5.74, 6) is 0.0813. The minimum Gasteiger partial charge on any atom is -0.437 e. The van der Waals surface area contributed by atoms with Crippen molar-refractivity contribution in [3.63, 3.8) is 0 Å². The summed E-state index contributed by atoms with van der Waals surface area (Å²) in [6, 6.07) is 14.4. The lowest BCUT2D eigenvalue weighted by atomic mass is 10.2. The van der Waals surface area contributed by atoms with E-state index in [9.17, 15) is 4.79 Å². The summed E-state index contributed by atoms with van der Waals surface area (Å²) in [5, 5.41) is 11.8. The second-order valence-corrected chi connectivity index (χ2v) is 4.70. The van der Waals surface area contributed by atoms with Crippen molar-refractivity contribution in [1.82, 2.24) is 4.98 Å². The van der Waals surface area contributed by atoms with E-state index in [0.717, 1.165) is 11.1 Å². The Morgan fingerprint density at radius 3 is 2.91 bits per heavy atom. The molecule has 0 fully saturated rings. The molecule has 2 aromatic carbocycles. The standard InChI is InChI=1S/C17H14N2O3/c20-11-12-4-3-5-13(10-12)18-16(21)8-9-17-19-14-6-1-2-7-15(14)22-17/h1-10,20H,11H2,(H,18,21)/b9-8+. The van der Waals surface area contributed by atoms with Crippen LogP contribution in [0.3, 0.4) is 0 Å². The highest BCUT2D eigenvalue weighted by Gasteiger charge is 2.03. The van der Waals surface area contributed by atoms with E-state index in [1.54, 1.807) is 24.3 Å². The SMILES string of the molecule is O=C(/C=C/c1nc2ccccc2o1)Nc1cccc(CO)c1. The van der Waals surface area contributed by atoms with Crippen molar-refractivity contribution in [1.29, 1.82) is 0 Å². The number of para-hydroxylation sites is 2. The lowest BCUT2D eigenvalue weighted by Gasteiger charge is -2.03. The highest BCUT2D eigenvalue weighted by atomic mass is 16.3. The number of aliphatic hydroxyl groups excluding tert-OH is 1. The first-order valence-electron chi connectivity index (χ1n) is 6.79. The van der Waals surface area contributed by atoms with Crippen LogP contribution >= 0.6 is 0 Å². The number of rotatable bonds is 4. The molecule has 0 unspecified atom stereocenters. The van der Waals surface area contributed by atoms with E-state index < -0.39 is 0 Å². The zero-order valence-corrected chi connectivity index (χ0v) is 11.7. The van der Waals surface area contributed by atoms with Crippen LogP contribution in [0.5, 0.6) is 0 Å². The Kier molecular flexibility index (Phi) is 3.98. The number of aliphatic hydroxyl groups is 1. The molecule has 5 nitrogen and oxygen atoms in total. The molecule has 3 aromatic rings. The fourth-order valence-electron chi connectivity index (χ4n) is 2.04. The number of amides is 1. The molecular weight excluding hydrogens is 280 g/mol. The van der Waals surface area contributed by atoms with Crippen molar-refractivity contribution in [2.45, 2.75) is 6.61 Å². The molecule has 0 saturated carbocycles. The number of aromatic nitrogens is 1. The molecule has 1 heterocycles. The molecule has 0 saturated heterocycles. The average molecular weight is 294 g/mol. The van der Waals surface area contributed by atoms with Gasteiger partial charge in [0.1, 0.15) is 5.52 Å². The Balaban J connectivity index is 1.70. The Morgan fingerprint density at radius 1 is 1.23 bits per heavy atom. The van der Waals surface area contributed by atoms with Crippen molar-refractivity contribution in [2.75, 3.05) is 5.32 Å². The summed E-state index contributed by atoms with van der Waals surface area (Å²) in [6.45, 7) is -0.0670. The van der Waals surface area contributed by atoms with E-state index in [-0.39, 0.29) is 12.5 Å². The van der Waals surface area contributed by atoms with Gasteiger partial charge in [0.25, 0.3) is 0 Å². The normalized spacial score (nSPS) is 11.1. The number of fused-ring (bicyclic) bond motifs is 1. The fraction of sp³-hybridized carbons (Fsp3) is 0.0588. The molecule has 0 aliphatic heterocycles. The number of carbonyl (C=O) groups excluding carboxylic acids is 1. The molecule has 3 rings (SSSR count). The van der Waals surface area contributed by atoms with Gasteiger partial charge in [0.05, 0.1) is 6.61 Å². The van der Waals surface area contributed by atoms with Crippen LogP contribution in [0.25, 0.3) is 17.2 Å². The van der Waals surface area contributed by atoms with Gasteiger partial charge in [0, 0.05) is 17.8 Å². The van der Waals surface area contributed by atoms with Gasteiger partial charge in [-0.2, -0.15) is 0 Å². The third kappa shape index (κ3) is 3.21. The Bertz CT molecular complexity index is 804. The summed E-state index contributed by atoms with van der Waals surface area (Å²) < 4.78 is 5.49. The molecule has 1 amide bonds. The number of hydrogen-bond donors (Lipinski definition) is 2. The van der Waals surface area contributed by atoms with Gasteiger partial charge in [-0.25, -0.2) is 4.98 Å². The van der Waals surface area contributed by atoms with Gasteiger partial charge in [-0.15, -0.1) is 0 Å². The second kappa shape index (κ2) is 6.24. The molecule has 0 radical (unpaired) electrons. The van der Waals surface area contributed by atoms with Gasteiger partial charge in [-0.3, -0.25) is 4.79 Å². The lowest BCUT2D eigenvalue weighted by Crippen LogP contribution is -2.07. The van der Waals surface area contributed by atoms with Crippen LogP contribution in [0.2, 0.25) is 0 Å². The lowest BCUT2D eigenvalue weighted by molar-refractivity contribution is -0.111. The Hall–Kier alpha value is -2.92. The highest BCUT2D eigenvalue weighted by molar-refractivity contribution is 6.01. The molecule has 0 bridgehead atoms. The van der Waals surface area contributed by atoms with Crippen LogP contribution in [0.15, 0.2) is 59.0 Å². The molecule has 0 aliphatic rings. The summed E-state index contributed by atoms with van der Waals surface area (Å²) >= 11 is 0. The topological polar surface area (TPSA) is 75.4 Å². The van der Waals surface area contributed by atoms with Crippen LogP contribution in [-0.4, -0.2) is 16.0 Å². The number of nitrogens with one attached hydrogen (secondary N) is 1. The van der Waals surface area contributed by atoms with Crippen molar-refractivity contribution in [2.24, 2.45) is 0 Å². The summed E-state index contributed by atoms with van der Waals surface area (Å²) in [4.78, 5) is 16.1. The first-order valence-corrected chi connectivity index (χ1v) is 6.79. The van der Waals surface area contributed by atoms with Crippen molar-refractivity contribution >= 4 is 28.8 Å². The number of hydrogen-bond acceptors (Lipinski definition) is 4. The minimum atomic E-state index is -0.294. The number of benzene rings is 2. The zero-order valence-electron chi connectivity index (χ0n) is 11.7. The predicted octanol–water partition coefficient (Wildman–Crippen LogP) is 2.97. The molecule has 1 aromatic heterocycles. The van der Waals surface area contributed by atoms with Gasteiger partial charge < -0.3 is 14.8 Å². The maximum absolute atomic E-state index is 11.9. The van der Waals surface area contributed by atoms with E-state index >= 15 is 0 Å². The predicted molar refractivity (Wildman–Crippen MR) is 84.0 cm³/mol. The van der Waals surface area contributed by atoms with E-state index in [1.165, 1.54) is 12.2 Å².